The average molecular weight is 401 g/mol. The van der Waals surface area contributed by atoms with Gasteiger partial charge in [0.15, 0.2) is 0 Å². The van der Waals surface area contributed by atoms with Gasteiger partial charge in [0.25, 0.3) is 5.91 Å². The predicted octanol–water partition coefficient (Wildman–Crippen LogP) is 2.76. The van der Waals surface area contributed by atoms with Crippen LogP contribution < -0.4 is 0 Å². The zero-order valence-corrected chi connectivity index (χ0v) is 15.1. The summed E-state index contributed by atoms with van der Waals surface area (Å²) in [5.74, 6) is -2.22. The van der Waals surface area contributed by atoms with Crippen LogP contribution in [0.25, 0.3) is 0 Å². The summed E-state index contributed by atoms with van der Waals surface area (Å²) in [5, 5.41) is 0.126. The highest BCUT2D eigenvalue weighted by Crippen LogP contribution is 2.25. The Morgan fingerprint density at radius 1 is 0.962 bits per heavy atom. The van der Waals surface area contributed by atoms with E-state index in [0.29, 0.717) is 6.07 Å². The van der Waals surface area contributed by atoms with Crippen molar-refractivity contribution in [2.75, 3.05) is 26.2 Å². The van der Waals surface area contributed by atoms with Gasteiger partial charge in [-0.15, -0.1) is 0 Å². The Hall–Kier alpha value is -2.03. The lowest BCUT2D eigenvalue weighted by molar-refractivity contribution is 0.0697. The zero-order chi connectivity index (χ0) is 18.9. The fourth-order valence-corrected chi connectivity index (χ4v) is 4.70. The van der Waals surface area contributed by atoms with Crippen molar-refractivity contribution in [1.82, 2.24) is 9.21 Å². The maximum absolute atomic E-state index is 13.3. The Bertz CT molecular complexity index is 925. The van der Waals surface area contributed by atoms with Crippen LogP contribution in [0.1, 0.15) is 10.4 Å². The molecule has 138 valence electrons. The van der Waals surface area contributed by atoms with Crippen LogP contribution in [0, 0.1) is 11.6 Å². The number of benzene rings is 2. The van der Waals surface area contributed by atoms with Crippen molar-refractivity contribution in [3.05, 3.63) is 64.7 Å². The van der Waals surface area contributed by atoms with Crippen LogP contribution in [0.4, 0.5) is 8.78 Å². The minimum absolute atomic E-state index is 0.00800. The molecule has 1 saturated heterocycles. The highest BCUT2D eigenvalue weighted by atomic mass is 35.5. The largest absolute Gasteiger partial charge is 0.336 e. The number of halogens is 3. The highest BCUT2D eigenvalue weighted by Gasteiger charge is 2.31. The molecule has 0 atom stereocenters. The quantitative estimate of drug-likeness (QED) is 0.796. The predicted molar refractivity (Wildman–Crippen MR) is 92.5 cm³/mol. The fraction of sp³-hybridized carbons (Fsp3) is 0.235. The molecule has 1 fully saturated rings. The van der Waals surface area contributed by atoms with Crippen LogP contribution in [-0.4, -0.2) is 49.7 Å². The van der Waals surface area contributed by atoms with E-state index >= 15 is 0 Å². The number of nitrogens with zero attached hydrogens (tertiary/aromatic N) is 2. The summed E-state index contributed by atoms with van der Waals surface area (Å²) in [6.07, 6.45) is 0. The molecular weight excluding hydrogens is 386 g/mol. The fourth-order valence-electron chi connectivity index (χ4n) is 2.78. The van der Waals surface area contributed by atoms with Crippen molar-refractivity contribution in [3.63, 3.8) is 0 Å². The van der Waals surface area contributed by atoms with Gasteiger partial charge in [-0.3, -0.25) is 4.79 Å². The van der Waals surface area contributed by atoms with Gasteiger partial charge in [0.05, 0.1) is 5.02 Å². The topological polar surface area (TPSA) is 57.7 Å². The van der Waals surface area contributed by atoms with Gasteiger partial charge in [-0.2, -0.15) is 4.31 Å². The maximum Gasteiger partial charge on any atom is 0.254 e. The number of hydrogen-bond acceptors (Lipinski definition) is 3. The minimum atomic E-state index is -3.78. The lowest BCUT2D eigenvalue weighted by Gasteiger charge is -2.34. The van der Waals surface area contributed by atoms with Crippen LogP contribution in [0.15, 0.2) is 47.4 Å². The molecule has 0 radical (unpaired) electrons. The van der Waals surface area contributed by atoms with Crippen LogP contribution in [0.5, 0.6) is 0 Å². The van der Waals surface area contributed by atoms with E-state index < -0.39 is 27.6 Å². The third-order valence-electron chi connectivity index (χ3n) is 4.09. The van der Waals surface area contributed by atoms with E-state index in [0.717, 1.165) is 12.1 Å². The number of carbonyl (C=O) groups is 1. The Kier molecular flexibility index (Phi) is 5.27. The lowest BCUT2D eigenvalue weighted by atomic mass is 10.1. The molecule has 26 heavy (non-hydrogen) atoms. The lowest BCUT2D eigenvalue weighted by Crippen LogP contribution is -2.50. The molecule has 1 aliphatic rings. The Morgan fingerprint density at radius 2 is 1.54 bits per heavy atom. The minimum Gasteiger partial charge on any atom is -0.336 e. The second-order valence-corrected chi connectivity index (χ2v) is 8.10. The number of sulfonamides is 1. The summed E-state index contributed by atoms with van der Waals surface area (Å²) in [5.41, 5.74) is -0.107. The molecule has 1 aliphatic heterocycles. The Labute approximate surface area is 154 Å². The van der Waals surface area contributed by atoms with Crippen molar-refractivity contribution < 1.29 is 22.0 Å². The van der Waals surface area contributed by atoms with E-state index in [4.69, 9.17) is 11.6 Å². The van der Waals surface area contributed by atoms with E-state index in [1.54, 1.807) is 12.1 Å². The van der Waals surface area contributed by atoms with E-state index in [1.807, 2.05) is 0 Å². The first kappa shape index (κ1) is 18.8. The third kappa shape index (κ3) is 3.72. The summed E-state index contributed by atoms with van der Waals surface area (Å²) >= 11 is 5.98. The molecule has 0 aliphatic carbocycles. The first-order chi connectivity index (χ1) is 12.3. The number of carbonyl (C=O) groups excluding carboxylic acids is 1. The van der Waals surface area contributed by atoms with Crippen LogP contribution in [-0.2, 0) is 10.0 Å². The number of rotatable bonds is 3. The summed E-state index contributed by atoms with van der Waals surface area (Å²) in [6, 6.07) is 8.73. The number of piperazine rings is 1. The molecule has 1 amide bonds. The summed E-state index contributed by atoms with van der Waals surface area (Å²) in [6.45, 7) is 0.357. The molecule has 0 saturated carbocycles. The van der Waals surface area contributed by atoms with E-state index in [1.165, 1.54) is 21.3 Å². The monoisotopic (exact) mass is 400 g/mol. The van der Waals surface area contributed by atoms with Gasteiger partial charge in [-0.1, -0.05) is 23.7 Å². The molecule has 1 heterocycles. The van der Waals surface area contributed by atoms with Crippen molar-refractivity contribution in [1.29, 1.82) is 0 Å². The molecule has 5 nitrogen and oxygen atoms in total. The van der Waals surface area contributed by atoms with Crippen LogP contribution >= 0.6 is 11.6 Å². The third-order valence-corrected chi connectivity index (χ3v) is 6.49. The molecule has 0 aromatic heterocycles. The van der Waals surface area contributed by atoms with Gasteiger partial charge in [0.2, 0.25) is 10.0 Å². The van der Waals surface area contributed by atoms with Crippen LogP contribution in [0.3, 0.4) is 0 Å². The molecule has 0 N–H and O–H groups in total. The molecule has 2 aromatic carbocycles. The molecule has 0 bridgehead atoms. The first-order valence-electron chi connectivity index (χ1n) is 7.79. The van der Waals surface area contributed by atoms with Crippen molar-refractivity contribution in [2.45, 2.75) is 4.90 Å². The normalized spacial score (nSPS) is 15.9. The molecule has 3 rings (SSSR count). The van der Waals surface area contributed by atoms with E-state index in [9.17, 15) is 22.0 Å². The molecular formula is C17H15ClF2N2O3S. The second-order valence-electron chi connectivity index (χ2n) is 5.78. The van der Waals surface area contributed by atoms with Gasteiger partial charge >= 0.3 is 0 Å². The zero-order valence-electron chi connectivity index (χ0n) is 13.5. The van der Waals surface area contributed by atoms with Gasteiger partial charge in [0, 0.05) is 37.8 Å². The van der Waals surface area contributed by atoms with E-state index in [2.05, 4.69) is 0 Å². The number of amides is 1. The Balaban J connectivity index is 1.73. The standard InChI is InChI=1S/C17H15ClF2N2O3S/c18-15-3-1-2-4-16(15)26(24,25)22-7-5-21(6-8-22)17(23)12-9-13(19)11-14(20)10-12/h1-4,9-11H,5-8H2. The molecule has 0 spiro atoms. The summed E-state index contributed by atoms with van der Waals surface area (Å²) in [7, 11) is -3.78. The second kappa shape index (κ2) is 7.30. The maximum atomic E-state index is 13.3. The van der Waals surface area contributed by atoms with Crippen molar-refractivity contribution in [3.8, 4) is 0 Å². The first-order valence-corrected chi connectivity index (χ1v) is 9.61. The SMILES string of the molecule is O=C(c1cc(F)cc(F)c1)N1CCN(S(=O)(=O)c2ccccc2Cl)CC1. The van der Waals surface area contributed by atoms with Crippen LogP contribution in [0.2, 0.25) is 5.02 Å². The van der Waals surface area contributed by atoms with Gasteiger partial charge < -0.3 is 4.90 Å². The van der Waals surface area contributed by atoms with Gasteiger partial charge in [0.1, 0.15) is 16.5 Å². The average Bonchev–Trinajstić information content (AvgIpc) is 2.60. The molecule has 2 aromatic rings. The Morgan fingerprint density at radius 3 is 2.12 bits per heavy atom. The highest BCUT2D eigenvalue weighted by molar-refractivity contribution is 7.89. The smallest absolute Gasteiger partial charge is 0.254 e. The molecule has 0 unspecified atom stereocenters. The van der Waals surface area contributed by atoms with Crippen molar-refractivity contribution in [2.24, 2.45) is 0 Å². The molecule has 9 heteroatoms. The van der Waals surface area contributed by atoms with Crippen molar-refractivity contribution >= 4 is 27.5 Å². The van der Waals surface area contributed by atoms with Gasteiger partial charge in [-0.05, 0) is 24.3 Å². The number of hydrogen-bond donors (Lipinski definition) is 0. The summed E-state index contributed by atoms with van der Waals surface area (Å²) in [4.78, 5) is 13.8. The van der Waals surface area contributed by atoms with E-state index in [-0.39, 0.29) is 41.7 Å². The van der Waals surface area contributed by atoms with Gasteiger partial charge in [-0.25, -0.2) is 17.2 Å². The summed E-state index contributed by atoms with van der Waals surface area (Å²) < 4.78 is 53.2.